The van der Waals surface area contributed by atoms with Crippen LogP contribution in [0, 0.1) is 0 Å². The lowest BCUT2D eigenvalue weighted by Crippen LogP contribution is -2.31. The molecule has 0 spiro atoms. The van der Waals surface area contributed by atoms with Gasteiger partial charge in [-0.05, 0) is 0 Å². The molecule has 0 aliphatic rings. The quantitative estimate of drug-likeness (QED) is 0.743. The van der Waals surface area contributed by atoms with Crippen LogP contribution < -0.4 is 10.7 Å². The van der Waals surface area contributed by atoms with Crippen molar-refractivity contribution in [1.82, 2.24) is 10.3 Å². The first kappa shape index (κ1) is 10.4. The van der Waals surface area contributed by atoms with Gasteiger partial charge in [-0.3, -0.25) is 9.59 Å². The number of hydrogen-bond donors (Lipinski definition) is 2. The minimum Gasteiger partial charge on any atom is -0.367 e. The third-order valence-corrected chi connectivity index (χ3v) is 1.49. The van der Waals surface area contributed by atoms with Gasteiger partial charge in [-0.25, -0.2) is 8.78 Å². The second kappa shape index (κ2) is 4.50. The molecule has 76 valence electrons. The summed E-state index contributed by atoms with van der Waals surface area (Å²) in [4.78, 5) is 24.7. The maximum absolute atomic E-state index is 11.7. The summed E-state index contributed by atoms with van der Waals surface area (Å²) in [5, 5.41) is 1.93. The van der Waals surface area contributed by atoms with Gasteiger partial charge in [0, 0.05) is 18.5 Å². The standard InChI is InChI=1S/C8H8F2N2O2/c9-7(10)4-12-8(14)5-3-11-2-1-6(5)13/h1-3,7H,4H2,(H,11,13)(H,12,14). The van der Waals surface area contributed by atoms with Crippen molar-refractivity contribution in [3.63, 3.8) is 0 Å². The Labute approximate surface area is 77.9 Å². The number of aromatic nitrogens is 1. The molecule has 0 aliphatic carbocycles. The average Bonchev–Trinajstić information content (AvgIpc) is 2.15. The molecule has 0 saturated heterocycles. The fourth-order valence-electron chi connectivity index (χ4n) is 0.859. The summed E-state index contributed by atoms with van der Waals surface area (Å²) in [6, 6.07) is 1.15. The van der Waals surface area contributed by atoms with Crippen molar-refractivity contribution in [2.45, 2.75) is 6.43 Å². The highest BCUT2D eigenvalue weighted by atomic mass is 19.3. The minimum absolute atomic E-state index is 0.173. The SMILES string of the molecule is O=C(NCC(F)F)c1c[nH]ccc1=O. The lowest BCUT2D eigenvalue weighted by atomic mass is 10.2. The van der Waals surface area contributed by atoms with E-state index in [-0.39, 0.29) is 5.56 Å². The number of pyridine rings is 1. The summed E-state index contributed by atoms with van der Waals surface area (Å²) < 4.78 is 23.4. The van der Waals surface area contributed by atoms with E-state index in [0.717, 1.165) is 6.07 Å². The first-order valence-electron chi connectivity index (χ1n) is 3.84. The molecule has 2 N–H and O–H groups in total. The van der Waals surface area contributed by atoms with E-state index in [2.05, 4.69) is 4.98 Å². The predicted molar refractivity (Wildman–Crippen MR) is 45.4 cm³/mol. The highest BCUT2D eigenvalue weighted by Crippen LogP contribution is 1.91. The van der Waals surface area contributed by atoms with Crippen LogP contribution in [0.15, 0.2) is 23.3 Å². The van der Waals surface area contributed by atoms with Crippen molar-refractivity contribution in [3.05, 3.63) is 34.2 Å². The number of alkyl halides is 2. The van der Waals surface area contributed by atoms with E-state index >= 15 is 0 Å². The van der Waals surface area contributed by atoms with Gasteiger partial charge in [0.1, 0.15) is 5.56 Å². The Hall–Kier alpha value is -1.72. The fourth-order valence-corrected chi connectivity index (χ4v) is 0.859. The summed E-state index contributed by atoms with van der Waals surface area (Å²) in [6.45, 7) is -0.757. The van der Waals surface area contributed by atoms with Crippen LogP contribution in [0.25, 0.3) is 0 Å². The van der Waals surface area contributed by atoms with Gasteiger partial charge in [0.25, 0.3) is 12.3 Å². The van der Waals surface area contributed by atoms with Crippen molar-refractivity contribution < 1.29 is 13.6 Å². The predicted octanol–water partition coefficient (Wildman–Crippen LogP) is 0.370. The number of aromatic amines is 1. The number of nitrogens with one attached hydrogen (secondary N) is 2. The lowest BCUT2D eigenvalue weighted by molar-refractivity contribution is 0.0890. The zero-order valence-corrected chi connectivity index (χ0v) is 7.09. The molecule has 1 heterocycles. The van der Waals surface area contributed by atoms with E-state index in [1.807, 2.05) is 5.32 Å². The minimum atomic E-state index is -2.62. The second-order valence-corrected chi connectivity index (χ2v) is 2.52. The van der Waals surface area contributed by atoms with Crippen LogP contribution in [0.5, 0.6) is 0 Å². The fraction of sp³-hybridized carbons (Fsp3) is 0.250. The Kier molecular flexibility index (Phi) is 3.33. The third kappa shape index (κ3) is 2.65. The number of rotatable bonds is 3. The number of carbonyl (C=O) groups excluding carboxylic acids is 1. The molecule has 0 radical (unpaired) electrons. The molecular weight excluding hydrogens is 194 g/mol. The molecule has 0 atom stereocenters. The number of carbonyl (C=O) groups is 1. The highest BCUT2D eigenvalue weighted by molar-refractivity contribution is 5.93. The van der Waals surface area contributed by atoms with Gasteiger partial charge in [0.2, 0.25) is 0 Å². The van der Waals surface area contributed by atoms with Gasteiger partial charge in [-0.2, -0.15) is 0 Å². The molecule has 0 unspecified atom stereocenters. The molecule has 0 saturated carbocycles. The molecular formula is C8H8F2N2O2. The van der Waals surface area contributed by atoms with Crippen LogP contribution in [-0.2, 0) is 0 Å². The summed E-state index contributed by atoms with van der Waals surface area (Å²) >= 11 is 0. The van der Waals surface area contributed by atoms with E-state index in [9.17, 15) is 18.4 Å². The molecule has 0 aromatic carbocycles. The molecule has 4 nitrogen and oxygen atoms in total. The molecule has 1 amide bonds. The van der Waals surface area contributed by atoms with Crippen molar-refractivity contribution in [1.29, 1.82) is 0 Å². The maximum atomic E-state index is 11.7. The topological polar surface area (TPSA) is 62.0 Å². The number of halogens is 2. The molecule has 1 rings (SSSR count). The molecule has 0 aliphatic heterocycles. The van der Waals surface area contributed by atoms with E-state index in [1.54, 1.807) is 0 Å². The van der Waals surface area contributed by atoms with Gasteiger partial charge in [-0.15, -0.1) is 0 Å². The van der Waals surface area contributed by atoms with Crippen molar-refractivity contribution >= 4 is 5.91 Å². The van der Waals surface area contributed by atoms with Crippen LogP contribution in [0.1, 0.15) is 10.4 Å². The van der Waals surface area contributed by atoms with Gasteiger partial charge in [0.05, 0.1) is 6.54 Å². The second-order valence-electron chi connectivity index (χ2n) is 2.52. The van der Waals surface area contributed by atoms with Crippen LogP contribution in [0.2, 0.25) is 0 Å². The van der Waals surface area contributed by atoms with E-state index in [4.69, 9.17) is 0 Å². The van der Waals surface area contributed by atoms with Gasteiger partial charge in [0.15, 0.2) is 5.43 Å². The normalized spacial score (nSPS) is 10.2. The highest BCUT2D eigenvalue weighted by Gasteiger charge is 2.10. The van der Waals surface area contributed by atoms with Gasteiger partial charge < -0.3 is 10.3 Å². The maximum Gasteiger partial charge on any atom is 0.256 e. The zero-order valence-electron chi connectivity index (χ0n) is 7.09. The molecule has 0 fully saturated rings. The summed E-state index contributed by atoms with van der Waals surface area (Å²) in [7, 11) is 0. The Morgan fingerprint density at radius 1 is 1.57 bits per heavy atom. The van der Waals surface area contributed by atoms with Crippen LogP contribution in [-0.4, -0.2) is 23.9 Å². The van der Waals surface area contributed by atoms with Gasteiger partial charge in [-0.1, -0.05) is 0 Å². The van der Waals surface area contributed by atoms with Crippen LogP contribution in [0.4, 0.5) is 8.78 Å². The first-order chi connectivity index (χ1) is 6.61. The number of hydrogen-bond acceptors (Lipinski definition) is 2. The summed E-state index contributed by atoms with van der Waals surface area (Å²) in [5.74, 6) is -0.799. The number of H-pyrrole nitrogens is 1. The Bertz CT molecular complexity index is 376. The van der Waals surface area contributed by atoms with Crippen LogP contribution in [0.3, 0.4) is 0 Å². The monoisotopic (exact) mass is 202 g/mol. The van der Waals surface area contributed by atoms with Crippen molar-refractivity contribution in [3.8, 4) is 0 Å². The van der Waals surface area contributed by atoms with Crippen molar-refractivity contribution in [2.75, 3.05) is 6.54 Å². The number of amides is 1. The van der Waals surface area contributed by atoms with E-state index < -0.39 is 24.3 Å². The Balaban J connectivity index is 2.71. The van der Waals surface area contributed by atoms with Gasteiger partial charge >= 0.3 is 0 Å². The molecule has 14 heavy (non-hydrogen) atoms. The summed E-state index contributed by atoms with van der Waals surface area (Å²) in [5.41, 5.74) is -0.677. The van der Waals surface area contributed by atoms with E-state index in [0.29, 0.717) is 0 Å². The molecule has 1 aromatic rings. The van der Waals surface area contributed by atoms with E-state index in [1.165, 1.54) is 12.4 Å². The molecule has 1 aromatic heterocycles. The largest absolute Gasteiger partial charge is 0.367 e. The first-order valence-corrected chi connectivity index (χ1v) is 3.84. The van der Waals surface area contributed by atoms with Crippen molar-refractivity contribution in [2.24, 2.45) is 0 Å². The third-order valence-electron chi connectivity index (χ3n) is 1.49. The summed E-state index contributed by atoms with van der Waals surface area (Å²) in [6.07, 6.45) is -0.100. The lowest BCUT2D eigenvalue weighted by Gasteiger charge is -2.02. The zero-order chi connectivity index (χ0) is 10.6. The molecule has 6 heteroatoms. The average molecular weight is 202 g/mol. The smallest absolute Gasteiger partial charge is 0.256 e. The van der Waals surface area contributed by atoms with Crippen LogP contribution >= 0.6 is 0 Å². The Morgan fingerprint density at radius 2 is 2.29 bits per heavy atom. The Morgan fingerprint density at radius 3 is 2.86 bits per heavy atom. The molecule has 0 bridgehead atoms.